The van der Waals surface area contributed by atoms with Crippen LogP contribution in [0.4, 0.5) is 0 Å². The number of nitrogens with zero attached hydrogens (tertiary/aromatic N) is 4. The standard InChI is InChI=1S/C9H8Br2N4S/c1-5-13-14-6(2)15(5)12-4-7-3-8(10)9(11)16-7/h3-4H,1-2H3. The molecule has 4 nitrogen and oxygen atoms in total. The van der Waals surface area contributed by atoms with Crippen LogP contribution in [-0.4, -0.2) is 21.1 Å². The molecule has 16 heavy (non-hydrogen) atoms. The fourth-order valence-corrected chi connectivity index (χ4v) is 3.13. The van der Waals surface area contributed by atoms with Gasteiger partial charge in [-0.3, -0.25) is 0 Å². The predicted molar refractivity (Wildman–Crippen MR) is 72.2 cm³/mol. The molecule has 0 spiro atoms. The summed E-state index contributed by atoms with van der Waals surface area (Å²) in [6.07, 6.45) is 1.80. The van der Waals surface area contributed by atoms with Crippen molar-refractivity contribution in [2.75, 3.05) is 0 Å². The lowest BCUT2D eigenvalue weighted by Crippen LogP contribution is -1.95. The van der Waals surface area contributed by atoms with E-state index in [-0.39, 0.29) is 0 Å². The van der Waals surface area contributed by atoms with Crippen LogP contribution in [0.15, 0.2) is 19.4 Å². The third kappa shape index (κ3) is 2.41. The van der Waals surface area contributed by atoms with Gasteiger partial charge in [-0.05, 0) is 51.8 Å². The zero-order chi connectivity index (χ0) is 11.7. The van der Waals surface area contributed by atoms with Crippen LogP contribution in [0.2, 0.25) is 0 Å². The molecule has 84 valence electrons. The van der Waals surface area contributed by atoms with Gasteiger partial charge in [0.1, 0.15) is 0 Å². The first-order valence-corrected chi connectivity index (χ1v) is 6.86. The van der Waals surface area contributed by atoms with Crippen LogP contribution in [0.25, 0.3) is 0 Å². The van der Waals surface area contributed by atoms with Crippen LogP contribution in [0.5, 0.6) is 0 Å². The van der Waals surface area contributed by atoms with Gasteiger partial charge >= 0.3 is 0 Å². The molecule has 0 atom stereocenters. The number of hydrogen-bond acceptors (Lipinski definition) is 4. The number of aromatic nitrogens is 3. The molecule has 2 rings (SSSR count). The second kappa shape index (κ2) is 4.77. The lowest BCUT2D eigenvalue weighted by Gasteiger charge is -1.95. The Labute approximate surface area is 114 Å². The maximum absolute atomic E-state index is 4.33. The van der Waals surface area contributed by atoms with E-state index in [2.05, 4.69) is 47.2 Å². The Bertz CT molecular complexity index is 505. The average Bonchev–Trinajstić information content (AvgIpc) is 2.70. The third-order valence-electron chi connectivity index (χ3n) is 1.92. The molecular formula is C9H8Br2N4S. The van der Waals surface area contributed by atoms with E-state index in [9.17, 15) is 0 Å². The summed E-state index contributed by atoms with van der Waals surface area (Å²) in [7, 11) is 0. The van der Waals surface area contributed by atoms with Crippen molar-refractivity contribution in [3.63, 3.8) is 0 Å². The van der Waals surface area contributed by atoms with E-state index in [1.807, 2.05) is 19.9 Å². The largest absolute Gasteiger partial charge is 0.202 e. The van der Waals surface area contributed by atoms with Crippen molar-refractivity contribution in [1.82, 2.24) is 14.9 Å². The van der Waals surface area contributed by atoms with Crippen molar-refractivity contribution < 1.29 is 0 Å². The van der Waals surface area contributed by atoms with Crippen molar-refractivity contribution in [2.45, 2.75) is 13.8 Å². The van der Waals surface area contributed by atoms with Gasteiger partial charge in [0.05, 0.1) is 10.0 Å². The predicted octanol–water partition coefficient (Wildman–Crippen LogP) is 3.36. The van der Waals surface area contributed by atoms with Gasteiger partial charge < -0.3 is 0 Å². The fraction of sp³-hybridized carbons (Fsp3) is 0.222. The summed E-state index contributed by atoms with van der Waals surface area (Å²) in [5.41, 5.74) is 0. The Morgan fingerprint density at radius 1 is 1.31 bits per heavy atom. The zero-order valence-corrected chi connectivity index (χ0v) is 12.6. The van der Waals surface area contributed by atoms with Crippen molar-refractivity contribution in [1.29, 1.82) is 0 Å². The highest BCUT2D eigenvalue weighted by Gasteiger charge is 2.04. The topological polar surface area (TPSA) is 43.1 Å². The number of rotatable bonds is 2. The van der Waals surface area contributed by atoms with Gasteiger partial charge in [0, 0.05) is 9.35 Å². The molecule has 2 aromatic rings. The summed E-state index contributed by atoms with van der Waals surface area (Å²) in [6.45, 7) is 3.75. The summed E-state index contributed by atoms with van der Waals surface area (Å²) in [5.74, 6) is 1.56. The van der Waals surface area contributed by atoms with Gasteiger partial charge in [-0.1, -0.05) is 0 Å². The Balaban J connectivity index is 2.28. The van der Waals surface area contributed by atoms with Crippen molar-refractivity contribution in [3.05, 3.63) is 30.9 Å². The highest BCUT2D eigenvalue weighted by Crippen LogP contribution is 2.31. The molecular weight excluding hydrogens is 356 g/mol. The third-order valence-corrected chi connectivity index (χ3v) is 5.11. The second-order valence-corrected chi connectivity index (χ2v) is 6.38. The van der Waals surface area contributed by atoms with Gasteiger partial charge in [-0.25, -0.2) is 4.68 Å². The molecule has 0 saturated carbocycles. The first-order chi connectivity index (χ1) is 7.58. The number of thiophene rings is 1. The summed E-state index contributed by atoms with van der Waals surface area (Å²) < 4.78 is 3.81. The Kier molecular flexibility index (Phi) is 3.56. The van der Waals surface area contributed by atoms with Crippen LogP contribution in [-0.2, 0) is 0 Å². The molecule has 0 aliphatic carbocycles. The van der Waals surface area contributed by atoms with E-state index in [0.29, 0.717) is 0 Å². The van der Waals surface area contributed by atoms with E-state index in [0.717, 1.165) is 24.8 Å². The minimum absolute atomic E-state index is 0.781. The lowest BCUT2D eigenvalue weighted by molar-refractivity contribution is 0.799. The van der Waals surface area contributed by atoms with E-state index < -0.39 is 0 Å². The van der Waals surface area contributed by atoms with Crippen LogP contribution < -0.4 is 0 Å². The average molecular weight is 364 g/mol. The molecule has 0 unspecified atom stereocenters. The van der Waals surface area contributed by atoms with Crippen LogP contribution >= 0.6 is 43.2 Å². The summed E-state index contributed by atoms with van der Waals surface area (Å²) in [5, 5.41) is 12.2. The van der Waals surface area contributed by atoms with Gasteiger partial charge in [0.25, 0.3) is 0 Å². The Morgan fingerprint density at radius 2 is 1.94 bits per heavy atom. The quantitative estimate of drug-likeness (QED) is 0.767. The molecule has 0 bridgehead atoms. The SMILES string of the molecule is Cc1nnc(C)n1N=Cc1cc(Br)c(Br)s1. The van der Waals surface area contributed by atoms with E-state index in [1.165, 1.54) is 0 Å². The molecule has 0 N–H and O–H groups in total. The van der Waals surface area contributed by atoms with Crippen LogP contribution in [0.3, 0.4) is 0 Å². The molecule has 0 aliphatic heterocycles. The van der Waals surface area contributed by atoms with Gasteiger partial charge in [0.15, 0.2) is 11.6 Å². The monoisotopic (exact) mass is 362 g/mol. The zero-order valence-electron chi connectivity index (χ0n) is 8.61. The lowest BCUT2D eigenvalue weighted by atomic mass is 10.5. The molecule has 0 saturated heterocycles. The summed E-state index contributed by atoms with van der Waals surface area (Å²) in [4.78, 5) is 1.06. The van der Waals surface area contributed by atoms with E-state index >= 15 is 0 Å². The van der Waals surface area contributed by atoms with E-state index in [4.69, 9.17) is 0 Å². The number of hydrogen-bond donors (Lipinski definition) is 0. The molecule has 2 heterocycles. The maximum Gasteiger partial charge on any atom is 0.151 e. The van der Waals surface area contributed by atoms with Gasteiger partial charge in [-0.2, -0.15) is 5.10 Å². The van der Waals surface area contributed by atoms with Gasteiger partial charge in [0.2, 0.25) is 0 Å². The Hall–Kier alpha value is -0.530. The minimum atomic E-state index is 0.781. The highest BCUT2D eigenvalue weighted by atomic mass is 79.9. The fourth-order valence-electron chi connectivity index (χ4n) is 1.17. The summed E-state index contributed by atoms with van der Waals surface area (Å²) in [6, 6.07) is 2.01. The van der Waals surface area contributed by atoms with E-state index in [1.54, 1.807) is 22.2 Å². The van der Waals surface area contributed by atoms with Crippen molar-refractivity contribution >= 4 is 49.4 Å². The highest BCUT2D eigenvalue weighted by molar-refractivity contribution is 9.13. The number of halogens is 2. The second-order valence-electron chi connectivity index (χ2n) is 3.12. The molecule has 2 aromatic heterocycles. The van der Waals surface area contributed by atoms with Gasteiger partial charge in [-0.15, -0.1) is 21.5 Å². The van der Waals surface area contributed by atoms with Crippen LogP contribution in [0.1, 0.15) is 16.5 Å². The first-order valence-electron chi connectivity index (χ1n) is 4.45. The molecule has 0 fully saturated rings. The molecule has 0 amide bonds. The Morgan fingerprint density at radius 3 is 2.44 bits per heavy atom. The van der Waals surface area contributed by atoms with Crippen LogP contribution in [0, 0.1) is 13.8 Å². The molecule has 0 aliphatic rings. The first kappa shape index (κ1) is 11.9. The normalized spacial score (nSPS) is 11.5. The van der Waals surface area contributed by atoms with Crippen molar-refractivity contribution in [2.24, 2.45) is 5.10 Å². The molecule has 7 heteroatoms. The number of aryl methyl sites for hydroxylation is 2. The smallest absolute Gasteiger partial charge is 0.151 e. The van der Waals surface area contributed by atoms with Crippen molar-refractivity contribution in [3.8, 4) is 0 Å². The molecule has 0 aromatic carbocycles. The minimum Gasteiger partial charge on any atom is -0.202 e. The molecule has 0 radical (unpaired) electrons. The maximum atomic E-state index is 4.33. The summed E-state index contributed by atoms with van der Waals surface area (Å²) >= 11 is 8.49.